The molecule has 9 nitrogen and oxygen atoms in total. The van der Waals surface area contributed by atoms with Crippen LogP contribution in [0.25, 0.3) is 0 Å². The van der Waals surface area contributed by atoms with Gasteiger partial charge in [0.15, 0.2) is 0 Å². The van der Waals surface area contributed by atoms with Gasteiger partial charge >= 0.3 is 0 Å². The second-order valence-electron chi connectivity index (χ2n) is 4.83. The second-order valence-corrected chi connectivity index (χ2v) is 6.51. The Morgan fingerprint density at radius 3 is 2.71 bits per heavy atom. The van der Waals surface area contributed by atoms with Crippen molar-refractivity contribution in [1.29, 1.82) is 0 Å². The monoisotopic (exact) mass is 349 g/mol. The van der Waals surface area contributed by atoms with Crippen molar-refractivity contribution in [3.63, 3.8) is 0 Å². The normalized spacial score (nSPS) is 11.4. The van der Waals surface area contributed by atoms with E-state index in [1.807, 2.05) is 12.3 Å². The molecule has 0 radical (unpaired) electrons. The first-order chi connectivity index (χ1) is 11.5. The summed E-state index contributed by atoms with van der Waals surface area (Å²) in [6.45, 7) is 2.60. The quantitative estimate of drug-likeness (QED) is 0.687. The molecule has 3 rings (SSSR count). The molecule has 1 N–H and O–H groups in total. The van der Waals surface area contributed by atoms with E-state index >= 15 is 0 Å². The standard InChI is InChI=1S/C14H15N5O4S/c1-11-16-14(17-23-11)18-24(20,21)13-5-3-12(4-6-13)22-10-9-19-8-2-7-15-19/h2-8H,9-10H2,1H3,(H,17,18). The van der Waals surface area contributed by atoms with Crippen LogP contribution in [0, 0.1) is 6.92 Å². The lowest BCUT2D eigenvalue weighted by atomic mass is 10.3. The summed E-state index contributed by atoms with van der Waals surface area (Å²) in [5, 5.41) is 7.56. The molecule has 0 unspecified atom stereocenters. The van der Waals surface area contributed by atoms with Crippen LogP contribution in [0.4, 0.5) is 5.95 Å². The molecule has 2 heterocycles. The van der Waals surface area contributed by atoms with Crippen molar-refractivity contribution in [1.82, 2.24) is 19.9 Å². The molecular formula is C14H15N5O4S. The number of nitrogens with one attached hydrogen (secondary N) is 1. The Hall–Kier alpha value is -2.88. The number of hydrogen-bond acceptors (Lipinski definition) is 7. The Morgan fingerprint density at radius 2 is 2.08 bits per heavy atom. The summed E-state index contributed by atoms with van der Waals surface area (Å²) in [5.41, 5.74) is 0. The summed E-state index contributed by atoms with van der Waals surface area (Å²) < 4.78 is 38.7. The van der Waals surface area contributed by atoms with Gasteiger partial charge in [0, 0.05) is 19.3 Å². The van der Waals surface area contributed by atoms with E-state index < -0.39 is 10.0 Å². The van der Waals surface area contributed by atoms with Crippen LogP contribution < -0.4 is 9.46 Å². The van der Waals surface area contributed by atoms with E-state index in [0.29, 0.717) is 18.9 Å². The molecule has 0 saturated carbocycles. The fraction of sp³-hybridized carbons (Fsp3) is 0.214. The molecular weight excluding hydrogens is 334 g/mol. The van der Waals surface area contributed by atoms with Gasteiger partial charge in [0.1, 0.15) is 12.4 Å². The fourth-order valence-corrected chi connectivity index (χ4v) is 2.86. The molecule has 0 bridgehead atoms. The third kappa shape index (κ3) is 3.90. The van der Waals surface area contributed by atoms with Gasteiger partial charge in [-0.15, -0.1) is 0 Å². The molecule has 0 aliphatic heterocycles. The van der Waals surface area contributed by atoms with E-state index in [2.05, 4.69) is 20.0 Å². The molecule has 0 spiro atoms. The maximum absolute atomic E-state index is 12.2. The van der Waals surface area contributed by atoms with Crippen LogP contribution in [0.1, 0.15) is 5.89 Å². The lowest BCUT2D eigenvalue weighted by Gasteiger charge is -2.08. The number of nitrogens with zero attached hydrogens (tertiary/aromatic N) is 4. The van der Waals surface area contributed by atoms with Crippen LogP contribution in [0.5, 0.6) is 5.75 Å². The zero-order valence-corrected chi connectivity index (χ0v) is 13.6. The summed E-state index contributed by atoms with van der Waals surface area (Å²) in [7, 11) is -3.78. The Balaban J connectivity index is 1.60. The number of anilines is 1. The van der Waals surface area contributed by atoms with Gasteiger partial charge in [-0.2, -0.15) is 10.1 Å². The van der Waals surface area contributed by atoms with Gasteiger partial charge in [0.25, 0.3) is 16.0 Å². The number of ether oxygens (including phenoxy) is 1. The lowest BCUT2D eigenvalue weighted by molar-refractivity contribution is 0.291. The summed E-state index contributed by atoms with van der Waals surface area (Å²) in [5.74, 6) is 0.734. The molecule has 0 aliphatic carbocycles. The van der Waals surface area contributed by atoms with E-state index in [1.54, 1.807) is 29.9 Å². The van der Waals surface area contributed by atoms with Crippen molar-refractivity contribution in [3.05, 3.63) is 48.6 Å². The molecule has 2 aromatic heterocycles. The van der Waals surface area contributed by atoms with Gasteiger partial charge in [-0.25, -0.2) is 13.1 Å². The number of aryl methyl sites for hydroxylation is 1. The first-order valence-corrected chi connectivity index (χ1v) is 8.55. The van der Waals surface area contributed by atoms with Gasteiger partial charge in [-0.05, 0) is 35.5 Å². The molecule has 0 aliphatic rings. The van der Waals surface area contributed by atoms with Crippen LogP contribution in [0.3, 0.4) is 0 Å². The van der Waals surface area contributed by atoms with Crippen molar-refractivity contribution in [2.24, 2.45) is 0 Å². The number of hydrogen-bond donors (Lipinski definition) is 1. The second kappa shape index (κ2) is 6.71. The first-order valence-electron chi connectivity index (χ1n) is 7.06. The number of benzene rings is 1. The summed E-state index contributed by atoms with van der Waals surface area (Å²) in [6, 6.07) is 7.88. The maximum Gasteiger partial charge on any atom is 0.277 e. The van der Waals surface area contributed by atoms with Crippen LogP contribution >= 0.6 is 0 Å². The van der Waals surface area contributed by atoms with Crippen molar-refractivity contribution in [2.75, 3.05) is 11.3 Å². The van der Waals surface area contributed by atoms with Gasteiger partial charge in [-0.3, -0.25) is 4.68 Å². The Morgan fingerprint density at radius 1 is 1.29 bits per heavy atom. The predicted molar refractivity (Wildman–Crippen MR) is 84.0 cm³/mol. The third-order valence-corrected chi connectivity index (χ3v) is 4.38. The molecule has 0 fully saturated rings. The van der Waals surface area contributed by atoms with Crippen LogP contribution in [-0.2, 0) is 16.6 Å². The van der Waals surface area contributed by atoms with Crippen molar-refractivity contribution in [3.8, 4) is 5.75 Å². The van der Waals surface area contributed by atoms with Crippen LogP contribution in [-0.4, -0.2) is 34.9 Å². The average Bonchev–Trinajstić information content (AvgIpc) is 3.19. The predicted octanol–water partition coefficient (Wildman–Crippen LogP) is 1.45. The maximum atomic E-state index is 12.2. The highest BCUT2D eigenvalue weighted by Crippen LogP contribution is 2.18. The van der Waals surface area contributed by atoms with Crippen molar-refractivity contribution < 1.29 is 17.7 Å². The molecule has 0 amide bonds. The molecule has 0 saturated heterocycles. The molecule has 1 aromatic carbocycles. The van der Waals surface area contributed by atoms with Gasteiger partial charge < -0.3 is 9.26 Å². The zero-order chi connectivity index (χ0) is 17.0. The van der Waals surface area contributed by atoms with E-state index in [4.69, 9.17) is 9.26 Å². The van der Waals surface area contributed by atoms with Crippen molar-refractivity contribution >= 4 is 16.0 Å². The summed E-state index contributed by atoms with van der Waals surface area (Å²) >= 11 is 0. The van der Waals surface area contributed by atoms with E-state index in [9.17, 15) is 8.42 Å². The first kappa shape index (κ1) is 16.0. The minimum atomic E-state index is -3.78. The number of rotatable bonds is 7. The molecule has 126 valence electrons. The third-order valence-electron chi connectivity index (χ3n) is 3.04. The zero-order valence-electron chi connectivity index (χ0n) is 12.8. The van der Waals surface area contributed by atoms with Gasteiger partial charge in [0.2, 0.25) is 5.89 Å². The SMILES string of the molecule is Cc1nc(NS(=O)(=O)c2ccc(OCCn3cccn3)cc2)no1. The largest absolute Gasteiger partial charge is 0.492 e. The van der Waals surface area contributed by atoms with E-state index in [1.165, 1.54) is 12.1 Å². The molecule has 0 atom stereocenters. The Labute approximate surface area is 138 Å². The topological polar surface area (TPSA) is 112 Å². The minimum absolute atomic E-state index is 0.0735. The number of sulfonamides is 1. The summed E-state index contributed by atoms with van der Waals surface area (Å²) in [4.78, 5) is 3.88. The molecule has 24 heavy (non-hydrogen) atoms. The van der Waals surface area contributed by atoms with Gasteiger partial charge in [-0.1, -0.05) is 0 Å². The van der Waals surface area contributed by atoms with E-state index in [-0.39, 0.29) is 16.7 Å². The fourth-order valence-electron chi connectivity index (χ4n) is 1.92. The molecule has 10 heteroatoms. The highest BCUT2D eigenvalue weighted by Gasteiger charge is 2.17. The number of aromatic nitrogens is 4. The smallest absolute Gasteiger partial charge is 0.277 e. The lowest BCUT2D eigenvalue weighted by Crippen LogP contribution is -2.14. The molecule has 3 aromatic rings. The Kier molecular flexibility index (Phi) is 4.47. The Bertz CT molecular complexity index is 888. The van der Waals surface area contributed by atoms with Crippen LogP contribution in [0.2, 0.25) is 0 Å². The van der Waals surface area contributed by atoms with E-state index in [0.717, 1.165) is 0 Å². The highest BCUT2D eigenvalue weighted by molar-refractivity contribution is 7.92. The highest BCUT2D eigenvalue weighted by atomic mass is 32.2. The summed E-state index contributed by atoms with van der Waals surface area (Å²) in [6.07, 6.45) is 3.53. The van der Waals surface area contributed by atoms with Gasteiger partial charge in [0.05, 0.1) is 11.4 Å². The minimum Gasteiger partial charge on any atom is -0.492 e. The van der Waals surface area contributed by atoms with Crippen molar-refractivity contribution in [2.45, 2.75) is 18.4 Å². The average molecular weight is 349 g/mol. The van der Waals surface area contributed by atoms with Crippen LogP contribution in [0.15, 0.2) is 52.1 Å².